The number of hydrogen-bond acceptors (Lipinski definition) is 10. The molecule has 0 saturated carbocycles. The van der Waals surface area contributed by atoms with E-state index in [1.807, 2.05) is 65.4 Å². The molecular weight excluding hydrogens is 532 g/mol. The molecule has 0 radical (unpaired) electrons. The fraction of sp³-hybridized carbons (Fsp3) is 0.154. The van der Waals surface area contributed by atoms with E-state index in [-0.39, 0.29) is 6.42 Å². The predicted octanol–water partition coefficient (Wildman–Crippen LogP) is 3.78. The average molecular weight is 554 g/mol. The van der Waals surface area contributed by atoms with Gasteiger partial charge in [0.1, 0.15) is 12.3 Å². The number of methoxy groups -OCH3 is 1. The smallest absolute Gasteiger partial charge is 0.227 e. The van der Waals surface area contributed by atoms with Crippen LogP contribution in [0, 0.1) is 0 Å². The van der Waals surface area contributed by atoms with Crippen molar-refractivity contribution in [3.05, 3.63) is 73.1 Å². The van der Waals surface area contributed by atoms with Crippen LogP contribution in [0.5, 0.6) is 5.75 Å². The number of fused-ring (bicyclic) bond motifs is 2. The number of aromatic nitrogens is 2. The van der Waals surface area contributed by atoms with Gasteiger partial charge in [0.05, 0.1) is 51.3 Å². The molecule has 0 bridgehead atoms. The molecule has 5 aromatic rings. The van der Waals surface area contributed by atoms with E-state index in [2.05, 4.69) is 14.4 Å². The summed E-state index contributed by atoms with van der Waals surface area (Å²) >= 11 is 0.770. The highest BCUT2D eigenvalue weighted by molar-refractivity contribution is 7.95. The molecule has 0 N–H and O–H groups in total. The molecule has 0 unspecified atom stereocenters. The molecule has 0 spiro atoms. The highest BCUT2D eigenvalue weighted by Gasteiger charge is 2.18. The second-order valence-corrected chi connectivity index (χ2v) is 10.6. The molecule has 3 aromatic carbocycles. The van der Waals surface area contributed by atoms with Crippen LogP contribution in [0.2, 0.25) is 0 Å². The monoisotopic (exact) mass is 553 g/mol. The van der Waals surface area contributed by atoms with E-state index in [9.17, 15) is 18.2 Å². The van der Waals surface area contributed by atoms with Crippen molar-refractivity contribution in [2.24, 2.45) is 0 Å². The van der Waals surface area contributed by atoms with Gasteiger partial charge in [-0.1, -0.05) is 30.3 Å². The summed E-state index contributed by atoms with van der Waals surface area (Å²) in [6.45, 7) is 0.382. The van der Waals surface area contributed by atoms with Gasteiger partial charge in [-0.05, 0) is 23.6 Å². The van der Waals surface area contributed by atoms with E-state index in [0.717, 1.165) is 44.8 Å². The topological polar surface area (TPSA) is 138 Å². The molecule has 10 nitrogen and oxygen atoms in total. The first-order valence-electron chi connectivity index (χ1n) is 11.4. The number of nitrogens with zero attached hydrogens (tertiary/aromatic N) is 2. The minimum atomic E-state index is -4.27. The largest absolute Gasteiger partial charge is 0.748 e. The zero-order valence-corrected chi connectivity index (χ0v) is 21.7. The quantitative estimate of drug-likeness (QED) is 0.0826. The van der Waals surface area contributed by atoms with E-state index in [1.165, 1.54) is 7.11 Å². The van der Waals surface area contributed by atoms with E-state index in [0.29, 0.717) is 28.8 Å². The summed E-state index contributed by atoms with van der Waals surface area (Å²) in [5.74, 6) is 1.11. The standard InChI is InChI=1S/C26H22N2O8S2/c1-33-23-10-8-17-15-18(7-9-19(17)25(23)37-36-35-29)24-16-27-26(34-24)21-11-13-28(12-4-14-38(30,31)32)22-6-3-2-5-20(21)22/h2-3,5-11,13,15-16H,4,12,14H2,1H3,(H-,29,30,31,32)/p-1. The Morgan fingerprint density at radius 1 is 1.08 bits per heavy atom. The molecule has 2 heterocycles. The number of pyridine rings is 1. The molecule has 0 amide bonds. The van der Waals surface area contributed by atoms with E-state index in [1.54, 1.807) is 12.3 Å². The first kappa shape index (κ1) is 26.1. The Balaban J connectivity index is 1.48. The number of ether oxygens (including phenoxy) is 1. The lowest BCUT2D eigenvalue weighted by molar-refractivity contribution is -0.777. The summed E-state index contributed by atoms with van der Waals surface area (Å²) in [6.07, 6.45) is 3.70. The van der Waals surface area contributed by atoms with Crippen molar-refractivity contribution < 1.29 is 41.3 Å². The second-order valence-electron chi connectivity index (χ2n) is 8.34. The van der Waals surface area contributed by atoms with Crippen LogP contribution in [0.15, 0.2) is 82.4 Å². The first-order valence-corrected chi connectivity index (χ1v) is 13.7. The fourth-order valence-corrected chi connectivity index (χ4v) is 5.43. The summed E-state index contributed by atoms with van der Waals surface area (Å²) in [5, 5.41) is 16.4. The zero-order valence-electron chi connectivity index (χ0n) is 20.0. The van der Waals surface area contributed by atoms with Crippen LogP contribution in [0.3, 0.4) is 0 Å². The van der Waals surface area contributed by atoms with Gasteiger partial charge in [-0.2, -0.15) is 8.90 Å². The van der Waals surface area contributed by atoms with Gasteiger partial charge in [-0.25, -0.2) is 13.4 Å². The maximum Gasteiger partial charge on any atom is 0.227 e. The maximum absolute atomic E-state index is 11.0. The molecule has 2 aromatic heterocycles. The van der Waals surface area contributed by atoms with Gasteiger partial charge in [-0.15, -0.1) is 0 Å². The second kappa shape index (κ2) is 11.1. The van der Waals surface area contributed by atoms with Crippen molar-refractivity contribution >= 4 is 43.8 Å². The van der Waals surface area contributed by atoms with Crippen LogP contribution in [-0.4, -0.2) is 30.8 Å². The molecule has 0 aliphatic carbocycles. The van der Waals surface area contributed by atoms with Gasteiger partial charge < -0.3 is 19.0 Å². The van der Waals surface area contributed by atoms with Gasteiger partial charge in [0.25, 0.3) is 0 Å². The third kappa shape index (κ3) is 5.50. The summed E-state index contributed by atoms with van der Waals surface area (Å²) in [4.78, 5) is 5.11. The Morgan fingerprint density at radius 3 is 2.71 bits per heavy atom. The normalized spacial score (nSPS) is 11.9. The van der Waals surface area contributed by atoms with Crippen LogP contribution >= 0.6 is 12.0 Å². The number of benzene rings is 3. The fourth-order valence-electron chi connectivity index (χ4n) is 4.34. The van der Waals surface area contributed by atoms with Gasteiger partial charge in [0.2, 0.25) is 11.4 Å². The summed E-state index contributed by atoms with van der Waals surface area (Å²) in [6, 6.07) is 18.8. The average Bonchev–Trinajstić information content (AvgIpc) is 3.41. The lowest BCUT2D eigenvalue weighted by atomic mass is 10.1. The molecule has 5 rings (SSSR count). The van der Waals surface area contributed by atoms with E-state index >= 15 is 0 Å². The molecule has 0 atom stereocenters. The lowest BCUT2D eigenvalue weighted by Crippen LogP contribution is -2.35. The van der Waals surface area contributed by atoms with Crippen molar-refractivity contribution in [3.8, 4) is 28.5 Å². The Labute approximate surface area is 222 Å². The predicted molar refractivity (Wildman–Crippen MR) is 136 cm³/mol. The summed E-state index contributed by atoms with van der Waals surface area (Å²) in [5.41, 5.74) is 2.44. The van der Waals surface area contributed by atoms with Crippen LogP contribution in [0.25, 0.3) is 44.5 Å². The van der Waals surface area contributed by atoms with Gasteiger partial charge in [0, 0.05) is 35.3 Å². The van der Waals surface area contributed by atoms with Crippen LogP contribution in [0.1, 0.15) is 6.42 Å². The zero-order chi connectivity index (χ0) is 26.7. The van der Waals surface area contributed by atoms with Crippen molar-refractivity contribution in [1.82, 2.24) is 4.98 Å². The van der Waals surface area contributed by atoms with Gasteiger partial charge in [0.15, 0.2) is 12.0 Å². The molecule has 0 aliphatic heterocycles. The number of rotatable bonds is 10. The maximum atomic E-state index is 11.0. The van der Waals surface area contributed by atoms with Crippen LogP contribution < -0.4 is 14.6 Å². The first-order chi connectivity index (χ1) is 18.4. The van der Waals surface area contributed by atoms with Crippen LogP contribution in [-0.2, 0) is 26.0 Å². The Kier molecular flexibility index (Phi) is 7.61. The molecule has 0 fully saturated rings. The van der Waals surface area contributed by atoms with Crippen molar-refractivity contribution in [3.63, 3.8) is 0 Å². The number of para-hydroxylation sites is 1. The Hall–Kier alpha value is -3.52. The summed E-state index contributed by atoms with van der Waals surface area (Å²) < 4.78 is 50.9. The minimum absolute atomic E-state index is 0.215. The number of oxazole rings is 1. The van der Waals surface area contributed by atoms with Gasteiger partial charge in [-0.3, -0.25) is 5.04 Å². The SMILES string of the molecule is COc1ccc2cc(-c3cnc(-c4cc[n+](CCCS(=O)(=O)[O-])c5ccccc45)o3)ccc2c1SOO[O-]. The Bertz CT molecular complexity index is 1720. The molecular formula is C26H21N2O8S2-. The molecule has 12 heteroatoms. The van der Waals surface area contributed by atoms with Crippen molar-refractivity contribution in [1.29, 1.82) is 0 Å². The number of aryl methyl sites for hydroxylation is 1. The molecule has 0 aliphatic rings. The molecule has 196 valence electrons. The number of hydrogen-bond donors (Lipinski definition) is 0. The van der Waals surface area contributed by atoms with Crippen molar-refractivity contribution in [2.75, 3.05) is 12.9 Å². The third-order valence-corrected chi connectivity index (χ3v) is 7.54. The van der Waals surface area contributed by atoms with Gasteiger partial charge >= 0.3 is 0 Å². The van der Waals surface area contributed by atoms with E-state index < -0.39 is 15.9 Å². The highest BCUT2D eigenvalue weighted by Crippen LogP contribution is 2.39. The van der Waals surface area contributed by atoms with Crippen molar-refractivity contribution in [2.45, 2.75) is 17.9 Å². The highest BCUT2D eigenvalue weighted by atomic mass is 32.2. The third-order valence-electron chi connectivity index (χ3n) is 6.04. The lowest BCUT2D eigenvalue weighted by Gasteiger charge is -2.12. The summed E-state index contributed by atoms with van der Waals surface area (Å²) in [7, 11) is -2.74. The Morgan fingerprint density at radius 2 is 1.92 bits per heavy atom. The molecule has 0 saturated heterocycles. The molecule has 38 heavy (non-hydrogen) atoms. The minimum Gasteiger partial charge on any atom is -0.748 e. The van der Waals surface area contributed by atoms with Crippen LogP contribution in [0.4, 0.5) is 0 Å². The van der Waals surface area contributed by atoms with E-state index in [4.69, 9.17) is 9.15 Å².